The first kappa shape index (κ1) is 16.2. The molecule has 3 heteroatoms. The Kier molecular flexibility index (Phi) is 9.93. The van der Waals surface area contributed by atoms with Crippen molar-refractivity contribution in [3.8, 4) is 0 Å². The third kappa shape index (κ3) is 10.1. The number of esters is 1. The number of halogens is 1. The van der Waals surface area contributed by atoms with Crippen molar-refractivity contribution < 1.29 is 9.53 Å². The van der Waals surface area contributed by atoms with Crippen LogP contribution in [0, 0.1) is 0 Å². The normalized spacial score (nSPS) is 11.4. The number of ether oxygens (including phenoxy) is 1. The highest BCUT2D eigenvalue weighted by Crippen LogP contribution is 2.16. The van der Waals surface area contributed by atoms with Gasteiger partial charge in [0, 0.05) is 6.92 Å². The Balaban J connectivity index is 3.62. The Labute approximate surface area is 110 Å². The second-order valence-corrected chi connectivity index (χ2v) is 4.53. The van der Waals surface area contributed by atoms with Gasteiger partial charge < -0.3 is 4.74 Å². The molecule has 0 saturated carbocycles. The van der Waals surface area contributed by atoms with Crippen molar-refractivity contribution >= 4 is 17.6 Å². The van der Waals surface area contributed by atoms with E-state index in [0.29, 0.717) is 5.03 Å². The SMILES string of the molecule is C=C(OC(C)=O)/C(Cl)=C/CCCCCCCC. The first-order valence-electron chi connectivity index (χ1n) is 6.31. The molecule has 0 bridgehead atoms. The Morgan fingerprint density at radius 2 is 1.82 bits per heavy atom. The summed E-state index contributed by atoms with van der Waals surface area (Å²) < 4.78 is 4.79. The summed E-state index contributed by atoms with van der Waals surface area (Å²) >= 11 is 5.92. The molecule has 0 spiro atoms. The van der Waals surface area contributed by atoms with Gasteiger partial charge in [0.15, 0.2) is 0 Å². The molecule has 17 heavy (non-hydrogen) atoms. The molecule has 0 N–H and O–H groups in total. The zero-order chi connectivity index (χ0) is 13.1. The number of hydrogen-bond donors (Lipinski definition) is 0. The highest BCUT2D eigenvalue weighted by molar-refractivity contribution is 6.31. The van der Waals surface area contributed by atoms with Gasteiger partial charge in [0.05, 0.1) is 5.03 Å². The van der Waals surface area contributed by atoms with Gasteiger partial charge in [-0.2, -0.15) is 0 Å². The molecule has 0 saturated heterocycles. The lowest BCUT2D eigenvalue weighted by Gasteiger charge is -2.03. The summed E-state index contributed by atoms with van der Waals surface area (Å²) in [6, 6.07) is 0. The van der Waals surface area contributed by atoms with E-state index >= 15 is 0 Å². The molecular formula is C14H23ClO2. The monoisotopic (exact) mass is 258 g/mol. The van der Waals surface area contributed by atoms with Gasteiger partial charge in [-0.15, -0.1) is 0 Å². The van der Waals surface area contributed by atoms with Gasteiger partial charge in [0.25, 0.3) is 0 Å². The first-order valence-corrected chi connectivity index (χ1v) is 6.69. The van der Waals surface area contributed by atoms with Crippen molar-refractivity contribution in [1.82, 2.24) is 0 Å². The zero-order valence-corrected chi connectivity index (χ0v) is 11.7. The predicted octanol–water partition coefficient (Wildman–Crippen LogP) is 4.94. The van der Waals surface area contributed by atoms with Crippen LogP contribution in [0.15, 0.2) is 23.4 Å². The second-order valence-electron chi connectivity index (χ2n) is 4.13. The summed E-state index contributed by atoms with van der Waals surface area (Å²) in [5.74, 6) is -0.147. The summed E-state index contributed by atoms with van der Waals surface area (Å²) in [7, 11) is 0. The fraction of sp³-hybridized carbons (Fsp3) is 0.643. The molecule has 0 aromatic carbocycles. The van der Waals surface area contributed by atoms with E-state index < -0.39 is 0 Å². The van der Waals surface area contributed by atoms with Crippen LogP contribution in [0.2, 0.25) is 0 Å². The van der Waals surface area contributed by atoms with Gasteiger partial charge in [-0.3, -0.25) is 4.79 Å². The number of carbonyl (C=O) groups is 1. The molecule has 0 unspecified atom stereocenters. The topological polar surface area (TPSA) is 26.3 Å². The highest BCUT2D eigenvalue weighted by atomic mass is 35.5. The van der Waals surface area contributed by atoms with E-state index in [2.05, 4.69) is 13.5 Å². The second kappa shape index (κ2) is 10.4. The molecule has 0 rings (SSSR count). The Morgan fingerprint density at radius 3 is 2.41 bits per heavy atom. The number of allylic oxidation sites excluding steroid dienone is 2. The van der Waals surface area contributed by atoms with Gasteiger partial charge in [0.1, 0.15) is 5.76 Å². The summed E-state index contributed by atoms with van der Waals surface area (Å²) in [6.07, 6.45) is 10.3. The van der Waals surface area contributed by atoms with Crippen molar-refractivity contribution in [2.75, 3.05) is 0 Å². The molecular weight excluding hydrogens is 236 g/mol. The number of rotatable bonds is 9. The standard InChI is InChI=1S/C14H23ClO2/c1-4-5-6-7-8-9-10-11-14(15)12(2)17-13(3)16/h11H,2,4-10H2,1,3H3/b14-11-. The van der Waals surface area contributed by atoms with E-state index in [4.69, 9.17) is 16.3 Å². The lowest BCUT2D eigenvalue weighted by Crippen LogP contribution is -1.97. The molecule has 0 amide bonds. The van der Waals surface area contributed by atoms with Crippen molar-refractivity contribution in [2.45, 2.75) is 58.8 Å². The fourth-order valence-electron chi connectivity index (χ4n) is 1.49. The smallest absolute Gasteiger partial charge is 0.308 e. The molecule has 0 atom stereocenters. The molecule has 98 valence electrons. The van der Waals surface area contributed by atoms with Gasteiger partial charge in [0.2, 0.25) is 0 Å². The van der Waals surface area contributed by atoms with E-state index in [1.807, 2.05) is 6.08 Å². The third-order valence-corrected chi connectivity index (χ3v) is 2.78. The Morgan fingerprint density at radius 1 is 1.24 bits per heavy atom. The van der Waals surface area contributed by atoms with E-state index in [1.54, 1.807) is 0 Å². The maximum atomic E-state index is 10.7. The molecule has 0 fully saturated rings. The molecule has 2 nitrogen and oxygen atoms in total. The minimum Gasteiger partial charge on any atom is -0.426 e. The van der Waals surface area contributed by atoms with Crippen LogP contribution in [0.25, 0.3) is 0 Å². The predicted molar refractivity (Wildman–Crippen MR) is 72.8 cm³/mol. The van der Waals surface area contributed by atoms with E-state index in [1.165, 1.54) is 39.0 Å². The van der Waals surface area contributed by atoms with E-state index in [-0.39, 0.29) is 11.7 Å². The van der Waals surface area contributed by atoms with Crippen molar-refractivity contribution in [3.63, 3.8) is 0 Å². The first-order chi connectivity index (χ1) is 8.07. The summed E-state index contributed by atoms with van der Waals surface area (Å²) in [4.78, 5) is 10.7. The van der Waals surface area contributed by atoms with E-state index in [9.17, 15) is 4.79 Å². The van der Waals surface area contributed by atoms with Gasteiger partial charge >= 0.3 is 5.97 Å². The summed E-state index contributed by atoms with van der Waals surface area (Å²) in [6.45, 7) is 7.14. The number of carbonyl (C=O) groups excluding carboxylic acids is 1. The largest absolute Gasteiger partial charge is 0.426 e. The molecule has 0 aliphatic carbocycles. The number of unbranched alkanes of at least 4 members (excludes halogenated alkanes) is 6. The van der Waals surface area contributed by atoms with Crippen molar-refractivity contribution in [1.29, 1.82) is 0 Å². The maximum absolute atomic E-state index is 10.7. The zero-order valence-electron chi connectivity index (χ0n) is 10.9. The van der Waals surface area contributed by atoms with Crippen molar-refractivity contribution in [2.24, 2.45) is 0 Å². The highest BCUT2D eigenvalue weighted by Gasteiger charge is 2.02. The summed E-state index contributed by atoms with van der Waals surface area (Å²) in [5.41, 5.74) is 0. The minimum absolute atomic E-state index is 0.241. The van der Waals surface area contributed by atoms with Crippen LogP contribution in [-0.2, 0) is 9.53 Å². The Bertz CT molecular complexity index is 269. The van der Waals surface area contributed by atoms with Crippen LogP contribution in [0.5, 0.6) is 0 Å². The maximum Gasteiger partial charge on any atom is 0.308 e. The van der Waals surface area contributed by atoms with Crippen LogP contribution in [-0.4, -0.2) is 5.97 Å². The molecule has 0 heterocycles. The van der Waals surface area contributed by atoms with Gasteiger partial charge in [-0.1, -0.05) is 63.3 Å². The van der Waals surface area contributed by atoms with Crippen LogP contribution in [0.1, 0.15) is 58.8 Å². The van der Waals surface area contributed by atoms with Crippen LogP contribution in [0.3, 0.4) is 0 Å². The van der Waals surface area contributed by atoms with Crippen LogP contribution in [0.4, 0.5) is 0 Å². The Hall–Kier alpha value is -0.760. The molecule has 0 aromatic rings. The molecule has 0 radical (unpaired) electrons. The average molecular weight is 259 g/mol. The quantitative estimate of drug-likeness (QED) is 0.253. The molecule has 0 aromatic heterocycles. The van der Waals surface area contributed by atoms with Gasteiger partial charge in [-0.05, 0) is 12.8 Å². The van der Waals surface area contributed by atoms with Crippen LogP contribution < -0.4 is 0 Å². The average Bonchev–Trinajstić information content (AvgIpc) is 2.26. The molecule has 0 aliphatic rings. The third-order valence-electron chi connectivity index (χ3n) is 2.41. The minimum atomic E-state index is -0.388. The summed E-state index contributed by atoms with van der Waals surface area (Å²) in [5, 5.41) is 0.439. The lowest BCUT2D eigenvalue weighted by molar-refractivity contribution is -0.136. The fourth-order valence-corrected chi connectivity index (χ4v) is 1.64. The van der Waals surface area contributed by atoms with Crippen LogP contribution >= 0.6 is 11.6 Å². The molecule has 0 aliphatic heterocycles. The van der Waals surface area contributed by atoms with Crippen molar-refractivity contribution in [3.05, 3.63) is 23.4 Å². The lowest BCUT2D eigenvalue weighted by atomic mass is 10.1. The van der Waals surface area contributed by atoms with Gasteiger partial charge in [-0.25, -0.2) is 0 Å². The number of hydrogen-bond acceptors (Lipinski definition) is 2. The van der Waals surface area contributed by atoms with E-state index in [0.717, 1.165) is 12.8 Å².